The molecule has 2 aliphatic heterocycles. The summed E-state index contributed by atoms with van der Waals surface area (Å²) in [5, 5.41) is 15.3. The summed E-state index contributed by atoms with van der Waals surface area (Å²) in [6.07, 6.45) is 11.8. The SMILES string of the molecule is COCc1cc(C)n2ncc(C(=O)NC3CCC4(CC3)CCN(c3ccc(F)cc3Cl)C4=O)c2n1.Cc1ccnc2c(C(=O)NC3CCC4(CC3)CCN(c3ccc(F)cc3Cl)C4=O)cnn12. The topological polar surface area (TPSA) is 168 Å². The van der Waals surface area contributed by atoms with E-state index < -0.39 is 22.5 Å². The summed E-state index contributed by atoms with van der Waals surface area (Å²) >= 11 is 12.4. The highest BCUT2D eigenvalue weighted by molar-refractivity contribution is 6.34. The normalized spacial score (nSPS) is 22.8. The van der Waals surface area contributed by atoms with Crippen LogP contribution in [0.3, 0.4) is 0 Å². The lowest BCUT2D eigenvalue weighted by Crippen LogP contribution is -2.44. The molecular weight excluding hydrogens is 905 g/mol. The predicted molar refractivity (Wildman–Crippen MR) is 247 cm³/mol. The van der Waals surface area contributed by atoms with Crippen molar-refractivity contribution in [2.24, 2.45) is 10.8 Å². The molecule has 10 rings (SSSR count). The number of benzene rings is 2. The van der Waals surface area contributed by atoms with E-state index in [1.54, 1.807) is 50.5 Å². The van der Waals surface area contributed by atoms with Gasteiger partial charge in [-0.2, -0.15) is 10.2 Å². The van der Waals surface area contributed by atoms with Gasteiger partial charge in [0.05, 0.1) is 56.9 Å². The zero-order chi connectivity index (χ0) is 47.2. The van der Waals surface area contributed by atoms with Crippen molar-refractivity contribution in [1.29, 1.82) is 0 Å². The van der Waals surface area contributed by atoms with Crippen LogP contribution in [0.2, 0.25) is 10.0 Å². The molecule has 4 amide bonds. The first-order valence-corrected chi connectivity index (χ1v) is 23.2. The maximum atomic E-state index is 13.5. The van der Waals surface area contributed by atoms with E-state index in [1.165, 1.54) is 30.5 Å². The van der Waals surface area contributed by atoms with Crippen molar-refractivity contribution in [2.45, 2.75) is 96.7 Å². The molecule has 0 unspecified atom stereocenters. The maximum absolute atomic E-state index is 13.5. The van der Waals surface area contributed by atoms with Crippen molar-refractivity contribution in [2.75, 3.05) is 30.0 Å². The number of amides is 4. The molecule has 350 valence electrons. The van der Waals surface area contributed by atoms with Crippen LogP contribution in [0.5, 0.6) is 0 Å². The van der Waals surface area contributed by atoms with Crippen LogP contribution in [-0.4, -0.2) is 85.1 Å². The number of nitrogens with one attached hydrogen (secondary N) is 2. The van der Waals surface area contributed by atoms with E-state index in [1.807, 2.05) is 26.0 Å². The molecule has 2 saturated heterocycles. The minimum absolute atomic E-state index is 0.0101. The zero-order valence-corrected chi connectivity index (χ0v) is 38.8. The van der Waals surface area contributed by atoms with Gasteiger partial charge in [-0.25, -0.2) is 27.8 Å². The molecule has 2 saturated carbocycles. The number of anilines is 2. The van der Waals surface area contributed by atoms with E-state index in [9.17, 15) is 28.0 Å². The molecule has 2 aromatic carbocycles. The van der Waals surface area contributed by atoms with E-state index in [0.29, 0.717) is 105 Å². The maximum Gasteiger partial charge on any atom is 0.256 e. The molecule has 4 aliphatic rings. The van der Waals surface area contributed by atoms with Gasteiger partial charge >= 0.3 is 0 Å². The van der Waals surface area contributed by atoms with Gasteiger partial charge in [0, 0.05) is 49.9 Å². The Labute approximate surface area is 395 Å². The Morgan fingerprint density at radius 1 is 0.701 bits per heavy atom. The standard InChI is InChI=1S/C25H27ClFN5O3.C23H23ClFN5O2/c1-15-11-18(14-35-2)29-22-19(13-28-32(15)22)23(33)30-17-5-7-25(8-6-17)9-10-31(24(25)34)21-4-3-16(27)12-20(21)26;1-14-6-10-26-20-17(13-27-30(14)20)21(31)28-16-4-7-23(8-5-16)9-11-29(22(23)32)19-3-2-15(25)12-18(19)24/h3-4,11-13,17H,5-10,14H2,1-2H3,(H,30,33);2-3,6,10,12-13,16H,4-5,7-9,11H2,1H3,(H,28,31). The van der Waals surface area contributed by atoms with Crippen molar-refractivity contribution in [1.82, 2.24) is 39.8 Å². The number of aromatic nitrogens is 6. The summed E-state index contributed by atoms with van der Waals surface area (Å²) in [5.41, 5.74) is 4.60. The molecule has 4 aromatic heterocycles. The summed E-state index contributed by atoms with van der Waals surface area (Å²) in [5.74, 6) is -1.20. The van der Waals surface area contributed by atoms with Crippen LogP contribution in [0.15, 0.2) is 67.1 Å². The molecule has 2 aliphatic carbocycles. The average Bonchev–Trinajstić information content (AvgIpc) is 4.08. The van der Waals surface area contributed by atoms with E-state index in [2.05, 4.69) is 30.8 Å². The van der Waals surface area contributed by atoms with Gasteiger partial charge in [0.1, 0.15) is 22.8 Å². The highest BCUT2D eigenvalue weighted by Gasteiger charge is 2.50. The second-order valence-corrected chi connectivity index (χ2v) is 19.0. The summed E-state index contributed by atoms with van der Waals surface area (Å²) < 4.78 is 35.3. The molecule has 0 radical (unpaired) electrons. The number of halogens is 4. The Kier molecular flexibility index (Phi) is 12.8. The first kappa shape index (κ1) is 46.1. The lowest BCUT2D eigenvalue weighted by Gasteiger charge is -2.36. The van der Waals surface area contributed by atoms with Crippen LogP contribution in [0.1, 0.15) is 102 Å². The number of hydrogen-bond donors (Lipinski definition) is 2. The van der Waals surface area contributed by atoms with Crippen molar-refractivity contribution < 1.29 is 32.7 Å². The number of methoxy groups -OCH3 is 1. The van der Waals surface area contributed by atoms with Crippen molar-refractivity contribution in [3.8, 4) is 0 Å². The van der Waals surface area contributed by atoms with Crippen LogP contribution in [-0.2, 0) is 20.9 Å². The number of carbonyl (C=O) groups is 4. The number of aryl methyl sites for hydroxylation is 2. The second kappa shape index (κ2) is 18.6. The molecule has 15 nitrogen and oxygen atoms in total. The smallest absolute Gasteiger partial charge is 0.256 e. The number of fused-ring (bicyclic) bond motifs is 2. The third-order valence-corrected chi connectivity index (χ3v) is 14.7. The fraction of sp³-hybridized carbons (Fsp3) is 0.417. The second-order valence-electron chi connectivity index (χ2n) is 18.2. The van der Waals surface area contributed by atoms with Gasteiger partial charge in [0.2, 0.25) is 11.8 Å². The van der Waals surface area contributed by atoms with Gasteiger partial charge in [-0.05, 0) is 127 Å². The number of ether oxygens (including phenoxy) is 1. The molecular formula is C48H50Cl2F2N10O5. The first-order chi connectivity index (χ1) is 32.2. The van der Waals surface area contributed by atoms with Gasteiger partial charge in [-0.1, -0.05) is 23.2 Å². The first-order valence-electron chi connectivity index (χ1n) is 22.5. The molecule has 0 bridgehead atoms. The molecule has 19 heteroatoms. The van der Waals surface area contributed by atoms with Gasteiger partial charge in [0.15, 0.2) is 11.3 Å². The van der Waals surface area contributed by atoms with Crippen molar-refractivity contribution >= 4 is 69.5 Å². The molecule has 0 atom stereocenters. The molecule has 2 N–H and O–H groups in total. The number of rotatable bonds is 8. The third-order valence-electron chi connectivity index (χ3n) is 14.1. The highest BCUT2D eigenvalue weighted by Crippen LogP contribution is 2.48. The molecule has 4 fully saturated rings. The molecule has 6 aromatic rings. The Balaban J connectivity index is 0.000000169. The van der Waals surface area contributed by atoms with Gasteiger partial charge < -0.3 is 25.2 Å². The average molecular weight is 956 g/mol. The largest absolute Gasteiger partial charge is 0.378 e. The monoisotopic (exact) mass is 954 g/mol. The minimum Gasteiger partial charge on any atom is -0.378 e. The van der Waals surface area contributed by atoms with Crippen molar-refractivity contribution in [3.63, 3.8) is 0 Å². The van der Waals surface area contributed by atoms with Gasteiger partial charge in [-0.15, -0.1) is 0 Å². The predicted octanol–water partition coefficient (Wildman–Crippen LogP) is 8.00. The summed E-state index contributed by atoms with van der Waals surface area (Å²) in [6.45, 7) is 5.28. The Hall–Kier alpha value is -6.04. The number of nitrogens with zero attached hydrogens (tertiary/aromatic N) is 8. The number of carbonyl (C=O) groups excluding carboxylic acids is 4. The Morgan fingerprint density at radius 2 is 1.18 bits per heavy atom. The zero-order valence-electron chi connectivity index (χ0n) is 37.3. The lowest BCUT2D eigenvalue weighted by atomic mass is 9.71. The molecule has 67 heavy (non-hydrogen) atoms. The van der Waals surface area contributed by atoms with Crippen molar-refractivity contribution in [3.05, 3.63) is 117 Å². The fourth-order valence-corrected chi connectivity index (χ4v) is 10.9. The Bertz CT molecular complexity index is 2910. The highest BCUT2D eigenvalue weighted by atomic mass is 35.5. The summed E-state index contributed by atoms with van der Waals surface area (Å²) in [6, 6.07) is 11.9. The van der Waals surface area contributed by atoms with Gasteiger partial charge in [-0.3, -0.25) is 19.2 Å². The Morgan fingerprint density at radius 3 is 1.66 bits per heavy atom. The third kappa shape index (κ3) is 8.84. The summed E-state index contributed by atoms with van der Waals surface area (Å²) in [7, 11) is 1.60. The van der Waals surface area contributed by atoms with Crippen LogP contribution in [0.25, 0.3) is 11.3 Å². The molecule has 2 spiro atoms. The van der Waals surface area contributed by atoms with E-state index in [0.717, 1.165) is 29.9 Å². The van der Waals surface area contributed by atoms with Crippen LogP contribution < -0.4 is 20.4 Å². The van der Waals surface area contributed by atoms with Crippen LogP contribution in [0, 0.1) is 36.3 Å². The van der Waals surface area contributed by atoms with E-state index in [-0.39, 0.29) is 45.8 Å². The fourth-order valence-electron chi connectivity index (χ4n) is 10.3. The lowest BCUT2D eigenvalue weighted by molar-refractivity contribution is -0.128. The quantitative estimate of drug-likeness (QED) is 0.154. The number of hydrogen-bond acceptors (Lipinski definition) is 9. The van der Waals surface area contributed by atoms with E-state index in [4.69, 9.17) is 27.9 Å². The summed E-state index contributed by atoms with van der Waals surface area (Å²) in [4.78, 5) is 64.8. The minimum atomic E-state index is -0.461. The van der Waals surface area contributed by atoms with Crippen LogP contribution >= 0.6 is 23.2 Å². The molecule has 6 heterocycles. The van der Waals surface area contributed by atoms with E-state index >= 15 is 0 Å². The van der Waals surface area contributed by atoms with Crippen LogP contribution in [0.4, 0.5) is 20.2 Å². The van der Waals surface area contributed by atoms with Gasteiger partial charge in [0.25, 0.3) is 11.8 Å².